The molecule has 8 heteroatoms. The molecule has 1 N–H and O–H groups in total. The number of halogens is 1. The average Bonchev–Trinajstić information content (AvgIpc) is 2.91. The number of hydrogen-bond donors (Lipinski definition) is 1. The van der Waals surface area contributed by atoms with Crippen LogP contribution in [-0.2, 0) is 10.0 Å². The van der Waals surface area contributed by atoms with Gasteiger partial charge in [0.25, 0.3) is 15.9 Å². The number of furan rings is 1. The number of carbonyl (C=O) groups is 1. The number of amides is 1. The molecule has 1 aromatic heterocycles. The van der Waals surface area contributed by atoms with Crippen molar-refractivity contribution in [1.29, 1.82) is 0 Å². The molecule has 0 radical (unpaired) electrons. The van der Waals surface area contributed by atoms with Crippen LogP contribution in [0.2, 0.25) is 0 Å². The van der Waals surface area contributed by atoms with Gasteiger partial charge in [0.1, 0.15) is 10.7 Å². The van der Waals surface area contributed by atoms with Gasteiger partial charge in [0, 0.05) is 24.0 Å². The molecular formula is C24H27FN2O4S. The molecule has 1 fully saturated rings. The fourth-order valence-electron chi connectivity index (χ4n) is 4.25. The zero-order valence-electron chi connectivity index (χ0n) is 18.5. The molecule has 0 saturated carbocycles. The molecule has 6 nitrogen and oxygen atoms in total. The number of rotatable bonds is 4. The van der Waals surface area contributed by atoms with Gasteiger partial charge in [0.05, 0.1) is 5.69 Å². The highest BCUT2D eigenvalue weighted by atomic mass is 32.2. The first-order valence-electron chi connectivity index (χ1n) is 10.8. The number of hydrogen-bond acceptors (Lipinski definition) is 4. The lowest BCUT2D eigenvalue weighted by molar-refractivity contribution is 0.0731. The Kier molecular flexibility index (Phi) is 5.99. The molecule has 2 aromatic carbocycles. The van der Waals surface area contributed by atoms with Crippen molar-refractivity contribution < 1.29 is 22.0 Å². The Morgan fingerprint density at radius 3 is 2.38 bits per heavy atom. The Morgan fingerprint density at radius 2 is 1.72 bits per heavy atom. The summed E-state index contributed by atoms with van der Waals surface area (Å²) in [6.07, 6.45) is 4.08. The quantitative estimate of drug-likeness (QED) is 0.574. The van der Waals surface area contributed by atoms with Crippen molar-refractivity contribution in [2.24, 2.45) is 0 Å². The van der Waals surface area contributed by atoms with Crippen LogP contribution in [0.3, 0.4) is 0 Å². The van der Waals surface area contributed by atoms with Crippen molar-refractivity contribution in [3.63, 3.8) is 0 Å². The van der Waals surface area contributed by atoms with Crippen LogP contribution in [0.25, 0.3) is 11.0 Å². The highest BCUT2D eigenvalue weighted by Gasteiger charge is 2.30. The first kappa shape index (κ1) is 22.3. The molecular weight excluding hydrogens is 431 g/mol. The van der Waals surface area contributed by atoms with Gasteiger partial charge in [-0.05, 0) is 69.0 Å². The summed E-state index contributed by atoms with van der Waals surface area (Å²) in [5, 5.41) is 0.589. The van der Waals surface area contributed by atoms with Gasteiger partial charge in [-0.25, -0.2) is 12.8 Å². The maximum absolute atomic E-state index is 13.6. The summed E-state index contributed by atoms with van der Waals surface area (Å²) in [5.41, 5.74) is 2.16. The highest BCUT2D eigenvalue weighted by molar-refractivity contribution is 7.93. The van der Waals surface area contributed by atoms with Crippen LogP contribution >= 0.6 is 0 Å². The lowest BCUT2D eigenvalue weighted by Gasteiger charge is -2.19. The summed E-state index contributed by atoms with van der Waals surface area (Å²) >= 11 is 0. The predicted molar refractivity (Wildman–Crippen MR) is 122 cm³/mol. The van der Waals surface area contributed by atoms with Crippen LogP contribution in [0.4, 0.5) is 10.1 Å². The van der Waals surface area contributed by atoms with E-state index in [2.05, 4.69) is 4.72 Å². The summed E-state index contributed by atoms with van der Waals surface area (Å²) in [6, 6.07) is 7.11. The fourth-order valence-corrected chi connectivity index (χ4v) is 5.75. The second-order valence-electron chi connectivity index (χ2n) is 8.40. The van der Waals surface area contributed by atoms with E-state index in [0.29, 0.717) is 29.6 Å². The lowest BCUT2D eigenvalue weighted by Crippen LogP contribution is -2.31. The van der Waals surface area contributed by atoms with E-state index in [1.54, 1.807) is 18.7 Å². The topological polar surface area (TPSA) is 79.6 Å². The number of nitrogens with zero attached hydrogens (tertiary/aromatic N) is 1. The second kappa shape index (κ2) is 8.58. The third-order valence-corrected chi connectivity index (χ3v) is 7.66. The van der Waals surface area contributed by atoms with Crippen molar-refractivity contribution >= 4 is 32.6 Å². The van der Waals surface area contributed by atoms with Crippen LogP contribution < -0.4 is 4.72 Å². The largest absolute Gasteiger partial charge is 0.449 e. The van der Waals surface area contributed by atoms with Crippen LogP contribution in [-0.4, -0.2) is 32.3 Å². The maximum Gasteiger partial charge on any atom is 0.289 e. The van der Waals surface area contributed by atoms with Crippen LogP contribution in [0.15, 0.2) is 39.6 Å². The number of anilines is 1. The number of likely N-dealkylation sites (tertiary alicyclic amines) is 1. The minimum Gasteiger partial charge on any atom is -0.449 e. The number of nitrogens with one attached hydrogen (secondary N) is 1. The van der Waals surface area contributed by atoms with E-state index in [-0.39, 0.29) is 27.8 Å². The molecule has 0 bridgehead atoms. The van der Waals surface area contributed by atoms with E-state index in [1.807, 2.05) is 13.0 Å². The summed E-state index contributed by atoms with van der Waals surface area (Å²) in [7, 11) is -4.11. The molecule has 2 heterocycles. The van der Waals surface area contributed by atoms with E-state index in [4.69, 9.17) is 4.42 Å². The average molecular weight is 459 g/mol. The van der Waals surface area contributed by atoms with Gasteiger partial charge in [-0.3, -0.25) is 9.52 Å². The molecule has 1 saturated heterocycles. The molecule has 3 aromatic rings. The Balaban J connectivity index is 1.83. The van der Waals surface area contributed by atoms with Gasteiger partial charge < -0.3 is 9.32 Å². The Morgan fingerprint density at radius 1 is 1.03 bits per heavy atom. The fraction of sp³-hybridized carbons (Fsp3) is 0.375. The molecule has 0 aliphatic carbocycles. The first-order chi connectivity index (χ1) is 15.2. The van der Waals surface area contributed by atoms with E-state index >= 15 is 0 Å². The Labute approximate surface area is 187 Å². The molecule has 4 rings (SSSR count). The zero-order valence-corrected chi connectivity index (χ0v) is 19.3. The Hall–Kier alpha value is -2.87. The molecule has 1 aliphatic heterocycles. The van der Waals surface area contributed by atoms with Crippen molar-refractivity contribution in [3.05, 3.63) is 58.6 Å². The molecule has 1 aliphatic rings. The van der Waals surface area contributed by atoms with E-state index in [1.165, 1.54) is 18.2 Å². The number of benzene rings is 2. The molecule has 32 heavy (non-hydrogen) atoms. The van der Waals surface area contributed by atoms with E-state index in [9.17, 15) is 17.6 Å². The van der Waals surface area contributed by atoms with Gasteiger partial charge >= 0.3 is 0 Å². The molecule has 170 valence electrons. The molecule has 0 unspecified atom stereocenters. The third-order valence-electron chi connectivity index (χ3n) is 6.13. The van der Waals surface area contributed by atoms with E-state index in [0.717, 1.165) is 37.3 Å². The van der Waals surface area contributed by atoms with Crippen molar-refractivity contribution in [3.8, 4) is 0 Å². The van der Waals surface area contributed by atoms with Crippen LogP contribution in [0.5, 0.6) is 0 Å². The zero-order chi connectivity index (χ0) is 23.0. The van der Waals surface area contributed by atoms with Gasteiger partial charge in [-0.15, -0.1) is 0 Å². The molecule has 0 spiro atoms. The minimum absolute atomic E-state index is 0.0326. The maximum atomic E-state index is 13.6. The van der Waals surface area contributed by atoms with Gasteiger partial charge in [-0.1, -0.05) is 18.9 Å². The van der Waals surface area contributed by atoms with E-state index < -0.39 is 15.8 Å². The van der Waals surface area contributed by atoms with Crippen LogP contribution in [0, 0.1) is 26.6 Å². The third kappa shape index (κ3) is 4.11. The monoisotopic (exact) mass is 458 g/mol. The molecule has 1 amide bonds. The second-order valence-corrected chi connectivity index (χ2v) is 10.0. The number of fused-ring (bicyclic) bond motifs is 1. The highest BCUT2D eigenvalue weighted by Crippen LogP contribution is 2.36. The summed E-state index contributed by atoms with van der Waals surface area (Å²) in [6.45, 7) is 6.63. The molecule has 0 atom stereocenters. The lowest BCUT2D eigenvalue weighted by atomic mass is 10.0. The summed E-state index contributed by atoms with van der Waals surface area (Å²) in [5.74, 6) is -0.582. The number of sulfonamides is 1. The summed E-state index contributed by atoms with van der Waals surface area (Å²) < 4.78 is 48.7. The SMILES string of the molecule is Cc1cc2c(C)c(C(=O)N3CCCCCC3)oc2c(S(=O)(=O)Nc2cccc(F)c2)c1C. The van der Waals surface area contributed by atoms with Gasteiger partial charge in [0.2, 0.25) is 0 Å². The van der Waals surface area contributed by atoms with Crippen LogP contribution in [0.1, 0.15) is 52.9 Å². The van der Waals surface area contributed by atoms with Crippen molar-refractivity contribution in [2.45, 2.75) is 51.3 Å². The number of carbonyl (C=O) groups excluding carboxylic acids is 1. The van der Waals surface area contributed by atoms with Gasteiger partial charge in [0.15, 0.2) is 11.3 Å². The Bertz CT molecular complexity index is 1290. The predicted octanol–water partition coefficient (Wildman–Crippen LogP) is 5.31. The minimum atomic E-state index is -4.11. The first-order valence-corrected chi connectivity index (χ1v) is 12.3. The van der Waals surface area contributed by atoms with Gasteiger partial charge in [-0.2, -0.15) is 0 Å². The number of aryl methyl sites for hydroxylation is 2. The normalized spacial score (nSPS) is 15.1. The van der Waals surface area contributed by atoms with Crippen molar-refractivity contribution in [2.75, 3.05) is 17.8 Å². The smallest absolute Gasteiger partial charge is 0.289 e. The summed E-state index contributed by atoms with van der Waals surface area (Å²) in [4.78, 5) is 15.0. The van der Waals surface area contributed by atoms with Crippen molar-refractivity contribution in [1.82, 2.24) is 4.90 Å². The standard InChI is InChI=1S/C24H27FN2O4S/c1-15-13-20-17(3)21(24(28)27-11-6-4-5-7-12-27)31-22(20)23(16(15)2)32(29,30)26-19-10-8-9-18(25)14-19/h8-10,13-14,26H,4-7,11-12H2,1-3H3.